The first kappa shape index (κ1) is 11.0. The van der Waals surface area contributed by atoms with Crippen LogP contribution in [0.25, 0.3) is 11.0 Å². The summed E-state index contributed by atoms with van der Waals surface area (Å²) in [4.78, 5) is 8.29. The Morgan fingerprint density at radius 3 is 2.94 bits per heavy atom. The van der Waals surface area contributed by atoms with Gasteiger partial charge in [0.05, 0.1) is 17.6 Å². The molecular weight excluding hydrogens is 236 g/mol. The average Bonchev–Trinajstić information content (AvgIpc) is 2.72. The summed E-state index contributed by atoms with van der Waals surface area (Å²) in [5.74, 6) is 0.653. The van der Waals surface area contributed by atoms with E-state index in [1.807, 2.05) is 10.9 Å². The number of rotatable bonds is 1. The Bertz CT molecular complexity index is 536. The molecule has 0 N–H and O–H groups in total. The third-order valence-electron chi connectivity index (χ3n) is 3.69. The topological polar surface area (TPSA) is 43.6 Å². The largest absolute Gasteiger partial charge is 0.244 e. The number of halogens is 1. The van der Waals surface area contributed by atoms with Crippen LogP contribution in [0, 0.1) is 5.92 Å². The Morgan fingerprint density at radius 2 is 2.12 bits per heavy atom. The number of hydrogen-bond acceptors (Lipinski definition) is 3. The predicted octanol–water partition coefficient (Wildman–Crippen LogP) is 3.23. The third-order valence-corrected chi connectivity index (χ3v) is 3.87. The molecule has 4 nitrogen and oxygen atoms in total. The van der Waals surface area contributed by atoms with Gasteiger partial charge in [0.1, 0.15) is 0 Å². The van der Waals surface area contributed by atoms with Crippen molar-refractivity contribution in [3.63, 3.8) is 0 Å². The Morgan fingerprint density at radius 1 is 1.29 bits per heavy atom. The quantitative estimate of drug-likeness (QED) is 0.730. The van der Waals surface area contributed by atoms with Crippen LogP contribution in [0.4, 0.5) is 0 Å². The molecule has 0 spiro atoms. The molecule has 2 aromatic heterocycles. The van der Waals surface area contributed by atoms with Crippen molar-refractivity contribution in [2.75, 3.05) is 0 Å². The summed E-state index contributed by atoms with van der Waals surface area (Å²) in [7, 11) is 0. The van der Waals surface area contributed by atoms with E-state index in [9.17, 15) is 0 Å². The van der Waals surface area contributed by atoms with Gasteiger partial charge in [-0.1, -0.05) is 19.8 Å². The van der Waals surface area contributed by atoms with E-state index in [4.69, 9.17) is 11.6 Å². The van der Waals surface area contributed by atoms with Crippen molar-refractivity contribution in [3.05, 3.63) is 17.7 Å². The predicted molar refractivity (Wildman–Crippen MR) is 67.0 cm³/mol. The van der Waals surface area contributed by atoms with Gasteiger partial charge in [0.15, 0.2) is 5.65 Å². The first-order valence-electron chi connectivity index (χ1n) is 6.11. The van der Waals surface area contributed by atoms with E-state index in [1.165, 1.54) is 25.7 Å². The van der Waals surface area contributed by atoms with Gasteiger partial charge in [0, 0.05) is 6.20 Å². The minimum Gasteiger partial charge on any atom is -0.244 e. The minimum atomic E-state index is 0.294. The van der Waals surface area contributed by atoms with Crippen molar-refractivity contribution in [2.45, 2.75) is 38.6 Å². The highest BCUT2D eigenvalue weighted by molar-refractivity contribution is 6.28. The molecule has 0 radical (unpaired) electrons. The van der Waals surface area contributed by atoms with Gasteiger partial charge in [-0.2, -0.15) is 10.1 Å². The van der Waals surface area contributed by atoms with Crippen LogP contribution in [0.15, 0.2) is 12.4 Å². The summed E-state index contributed by atoms with van der Waals surface area (Å²) in [5.41, 5.74) is 0.865. The molecule has 1 aliphatic carbocycles. The second kappa shape index (κ2) is 4.26. The van der Waals surface area contributed by atoms with Crippen LogP contribution >= 0.6 is 11.6 Å². The number of aromatic nitrogens is 4. The molecule has 2 atom stereocenters. The lowest BCUT2D eigenvalue weighted by Crippen LogP contribution is -2.22. The lowest BCUT2D eigenvalue weighted by atomic mass is 9.86. The molecule has 0 saturated heterocycles. The molecule has 0 amide bonds. The fraction of sp³-hybridized carbons (Fsp3) is 0.583. The monoisotopic (exact) mass is 250 g/mol. The van der Waals surface area contributed by atoms with Crippen LogP contribution in [-0.4, -0.2) is 19.7 Å². The first-order chi connectivity index (χ1) is 8.25. The Hall–Kier alpha value is -1.16. The van der Waals surface area contributed by atoms with Gasteiger partial charge in [-0.25, -0.2) is 9.67 Å². The maximum atomic E-state index is 5.86. The van der Waals surface area contributed by atoms with Crippen molar-refractivity contribution in [2.24, 2.45) is 5.92 Å². The van der Waals surface area contributed by atoms with Gasteiger partial charge in [-0.05, 0) is 30.4 Å². The lowest BCUT2D eigenvalue weighted by molar-refractivity contribution is 0.245. The number of nitrogens with zero attached hydrogens (tertiary/aromatic N) is 4. The average molecular weight is 251 g/mol. The van der Waals surface area contributed by atoms with Crippen molar-refractivity contribution < 1.29 is 0 Å². The van der Waals surface area contributed by atoms with Gasteiger partial charge in [0.25, 0.3) is 0 Å². The Kier molecular flexibility index (Phi) is 2.74. The fourth-order valence-electron chi connectivity index (χ4n) is 2.72. The van der Waals surface area contributed by atoms with Gasteiger partial charge in [-0.3, -0.25) is 0 Å². The van der Waals surface area contributed by atoms with E-state index < -0.39 is 0 Å². The molecule has 1 fully saturated rings. The van der Waals surface area contributed by atoms with Crippen LogP contribution in [0.1, 0.15) is 38.6 Å². The summed E-state index contributed by atoms with van der Waals surface area (Å²) in [6.45, 7) is 2.29. The molecule has 0 bridgehead atoms. The van der Waals surface area contributed by atoms with Crippen LogP contribution in [0.2, 0.25) is 5.28 Å². The van der Waals surface area contributed by atoms with Crippen molar-refractivity contribution in [3.8, 4) is 0 Å². The molecule has 0 aliphatic heterocycles. The van der Waals surface area contributed by atoms with Crippen LogP contribution in [0.3, 0.4) is 0 Å². The van der Waals surface area contributed by atoms with Crippen molar-refractivity contribution in [1.29, 1.82) is 0 Å². The van der Waals surface area contributed by atoms with E-state index >= 15 is 0 Å². The van der Waals surface area contributed by atoms with Gasteiger partial charge < -0.3 is 0 Å². The smallest absolute Gasteiger partial charge is 0.224 e. The third kappa shape index (κ3) is 1.90. The first-order valence-corrected chi connectivity index (χ1v) is 6.49. The zero-order valence-electron chi connectivity index (χ0n) is 9.80. The summed E-state index contributed by atoms with van der Waals surface area (Å²) in [6.07, 6.45) is 8.61. The van der Waals surface area contributed by atoms with Gasteiger partial charge in [0.2, 0.25) is 5.28 Å². The maximum absolute atomic E-state index is 5.86. The Balaban J connectivity index is 2.07. The molecule has 2 heterocycles. The normalized spacial score (nSPS) is 25.3. The lowest BCUT2D eigenvalue weighted by Gasteiger charge is -2.29. The van der Waals surface area contributed by atoms with Crippen LogP contribution in [0.5, 0.6) is 0 Å². The molecule has 1 saturated carbocycles. The SMILES string of the molecule is C[C@H]1CCCC[C@@H]1n1ncc2cnc(Cl)nc21. The molecular formula is C12H15ClN4. The zero-order chi connectivity index (χ0) is 11.8. The standard InChI is InChI=1S/C12H15ClN4/c1-8-4-2-3-5-10(8)17-11-9(7-15-17)6-14-12(13)16-11/h6-8,10H,2-5H2,1H3/t8-,10-/m0/s1. The summed E-state index contributed by atoms with van der Waals surface area (Å²) < 4.78 is 2.03. The van der Waals surface area contributed by atoms with E-state index in [0.29, 0.717) is 17.2 Å². The molecule has 0 unspecified atom stereocenters. The van der Waals surface area contributed by atoms with Gasteiger partial charge >= 0.3 is 0 Å². The minimum absolute atomic E-state index is 0.294. The van der Waals surface area contributed by atoms with Crippen molar-refractivity contribution >= 4 is 22.6 Å². The second-order valence-corrected chi connectivity index (χ2v) is 5.17. The van der Waals surface area contributed by atoms with E-state index in [-0.39, 0.29) is 0 Å². The van der Waals surface area contributed by atoms with Crippen molar-refractivity contribution in [1.82, 2.24) is 19.7 Å². The van der Waals surface area contributed by atoms with Gasteiger partial charge in [-0.15, -0.1) is 0 Å². The van der Waals surface area contributed by atoms with Crippen LogP contribution < -0.4 is 0 Å². The molecule has 90 valence electrons. The molecule has 2 aromatic rings. The molecule has 17 heavy (non-hydrogen) atoms. The zero-order valence-corrected chi connectivity index (χ0v) is 10.6. The fourth-order valence-corrected chi connectivity index (χ4v) is 2.85. The van der Waals surface area contributed by atoms with E-state index in [0.717, 1.165) is 11.0 Å². The summed E-state index contributed by atoms with van der Waals surface area (Å²) >= 11 is 5.86. The molecule has 0 aromatic carbocycles. The number of fused-ring (bicyclic) bond motifs is 1. The van der Waals surface area contributed by atoms with E-state index in [2.05, 4.69) is 22.0 Å². The highest BCUT2D eigenvalue weighted by Gasteiger charge is 2.25. The highest BCUT2D eigenvalue weighted by Crippen LogP contribution is 2.34. The summed E-state index contributed by atoms with van der Waals surface area (Å²) in [6, 6.07) is 0.451. The number of hydrogen-bond donors (Lipinski definition) is 0. The molecule has 5 heteroatoms. The highest BCUT2D eigenvalue weighted by atomic mass is 35.5. The van der Waals surface area contributed by atoms with E-state index in [1.54, 1.807) is 6.20 Å². The second-order valence-electron chi connectivity index (χ2n) is 4.84. The maximum Gasteiger partial charge on any atom is 0.224 e. The Labute approximate surface area is 105 Å². The molecule has 1 aliphatic rings. The molecule has 3 rings (SSSR count). The summed E-state index contributed by atoms with van der Waals surface area (Å²) in [5, 5.41) is 5.73. The van der Waals surface area contributed by atoms with Crippen LogP contribution in [-0.2, 0) is 0 Å².